The van der Waals surface area contributed by atoms with Gasteiger partial charge in [0.05, 0.1) is 11.7 Å². The fraction of sp³-hybridized carbons (Fsp3) is 0.462. The van der Waals surface area contributed by atoms with Gasteiger partial charge in [-0.15, -0.1) is 0 Å². The molecular weight excluding hydrogens is 216 g/mol. The summed E-state index contributed by atoms with van der Waals surface area (Å²) >= 11 is 0. The molecule has 0 radical (unpaired) electrons. The summed E-state index contributed by atoms with van der Waals surface area (Å²) in [5.41, 5.74) is 6.80. The van der Waals surface area contributed by atoms with Crippen molar-refractivity contribution in [1.82, 2.24) is 5.32 Å². The number of nitrogens with one attached hydrogen (secondary N) is 1. The van der Waals surface area contributed by atoms with Crippen molar-refractivity contribution >= 4 is 11.6 Å². The van der Waals surface area contributed by atoms with Crippen LogP contribution in [0.3, 0.4) is 0 Å². The molecule has 0 bridgehead atoms. The van der Waals surface area contributed by atoms with Gasteiger partial charge in [0.25, 0.3) is 5.91 Å². The number of rotatable bonds is 3. The van der Waals surface area contributed by atoms with Crippen LogP contribution in [-0.4, -0.2) is 25.2 Å². The van der Waals surface area contributed by atoms with Crippen LogP contribution in [0, 0.1) is 5.92 Å². The van der Waals surface area contributed by atoms with Gasteiger partial charge in [0.1, 0.15) is 0 Å². The Labute approximate surface area is 101 Å². The molecular formula is C13H18N2O2. The summed E-state index contributed by atoms with van der Waals surface area (Å²) in [4.78, 5) is 11.9. The third-order valence-electron chi connectivity index (χ3n) is 3.26. The van der Waals surface area contributed by atoms with Gasteiger partial charge in [-0.1, -0.05) is 12.1 Å². The maximum atomic E-state index is 11.9. The molecule has 1 aromatic rings. The molecule has 1 aliphatic heterocycles. The first-order valence-electron chi connectivity index (χ1n) is 5.93. The van der Waals surface area contributed by atoms with Crippen LogP contribution in [0.1, 0.15) is 23.7 Å². The molecule has 1 heterocycles. The molecule has 4 nitrogen and oxygen atoms in total. The minimum Gasteiger partial charge on any atom is -0.398 e. The molecule has 1 amide bonds. The largest absolute Gasteiger partial charge is 0.398 e. The van der Waals surface area contributed by atoms with Crippen molar-refractivity contribution in [3.8, 4) is 0 Å². The first-order chi connectivity index (χ1) is 8.18. The maximum absolute atomic E-state index is 11.9. The van der Waals surface area contributed by atoms with Crippen LogP contribution >= 0.6 is 0 Å². The van der Waals surface area contributed by atoms with Crippen molar-refractivity contribution in [2.24, 2.45) is 5.92 Å². The predicted octanol–water partition coefficient (Wildman–Crippen LogP) is 1.42. The molecule has 1 aliphatic rings. The van der Waals surface area contributed by atoms with E-state index in [2.05, 4.69) is 5.32 Å². The van der Waals surface area contributed by atoms with Crippen molar-refractivity contribution < 1.29 is 9.53 Å². The highest BCUT2D eigenvalue weighted by Crippen LogP contribution is 2.19. The molecule has 1 aromatic carbocycles. The Bertz CT molecular complexity index is 406. The Kier molecular flexibility index (Phi) is 3.64. The number of nitrogens with two attached hydrogens (primary N) is 1. The first kappa shape index (κ1) is 11.9. The van der Waals surface area contributed by atoms with Crippen LogP contribution in [0.5, 0.6) is 0 Å². The van der Waals surface area contributed by atoms with E-state index in [1.807, 2.05) is 19.1 Å². The summed E-state index contributed by atoms with van der Waals surface area (Å²) in [6, 6.07) is 7.10. The van der Waals surface area contributed by atoms with E-state index >= 15 is 0 Å². The van der Waals surface area contributed by atoms with Crippen LogP contribution in [0.2, 0.25) is 0 Å². The number of carbonyl (C=O) groups is 1. The SMILES string of the molecule is CC1OCCC1CNC(=O)c1ccccc1N. The summed E-state index contributed by atoms with van der Waals surface area (Å²) in [6.07, 6.45) is 1.23. The Morgan fingerprint density at radius 2 is 2.29 bits per heavy atom. The Morgan fingerprint density at radius 1 is 1.53 bits per heavy atom. The molecule has 92 valence electrons. The van der Waals surface area contributed by atoms with Crippen LogP contribution in [0.15, 0.2) is 24.3 Å². The van der Waals surface area contributed by atoms with Crippen LogP contribution in [0.25, 0.3) is 0 Å². The standard InChI is InChI=1S/C13H18N2O2/c1-9-10(6-7-17-9)8-15-13(16)11-4-2-3-5-12(11)14/h2-5,9-10H,6-8,14H2,1H3,(H,15,16). The first-order valence-corrected chi connectivity index (χ1v) is 5.93. The lowest BCUT2D eigenvalue weighted by molar-refractivity contribution is 0.0908. The molecule has 0 aromatic heterocycles. The number of hydrogen-bond donors (Lipinski definition) is 2. The highest BCUT2D eigenvalue weighted by Gasteiger charge is 2.24. The third kappa shape index (κ3) is 2.77. The van der Waals surface area contributed by atoms with E-state index in [9.17, 15) is 4.79 Å². The van der Waals surface area contributed by atoms with Gasteiger partial charge < -0.3 is 15.8 Å². The Hall–Kier alpha value is -1.55. The molecule has 17 heavy (non-hydrogen) atoms. The van der Waals surface area contributed by atoms with Crippen molar-refractivity contribution in [3.05, 3.63) is 29.8 Å². The molecule has 1 saturated heterocycles. The summed E-state index contributed by atoms with van der Waals surface area (Å²) < 4.78 is 5.45. The second kappa shape index (κ2) is 5.19. The number of ether oxygens (including phenoxy) is 1. The zero-order valence-corrected chi connectivity index (χ0v) is 9.98. The van der Waals surface area contributed by atoms with E-state index in [0.717, 1.165) is 13.0 Å². The molecule has 4 heteroatoms. The van der Waals surface area contributed by atoms with Gasteiger partial charge in [-0.2, -0.15) is 0 Å². The zero-order valence-electron chi connectivity index (χ0n) is 9.98. The summed E-state index contributed by atoms with van der Waals surface area (Å²) in [7, 11) is 0. The lowest BCUT2D eigenvalue weighted by atomic mass is 10.0. The number of amides is 1. The number of nitrogen functional groups attached to an aromatic ring is 1. The second-order valence-electron chi connectivity index (χ2n) is 4.42. The fourth-order valence-corrected chi connectivity index (χ4v) is 2.07. The van der Waals surface area contributed by atoms with Crippen LogP contribution < -0.4 is 11.1 Å². The number of para-hydroxylation sites is 1. The van der Waals surface area contributed by atoms with Crippen molar-refractivity contribution in [2.75, 3.05) is 18.9 Å². The molecule has 2 atom stereocenters. The number of carbonyl (C=O) groups excluding carboxylic acids is 1. The van der Waals surface area contributed by atoms with Crippen LogP contribution in [-0.2, 0) is 4.74 Å². The fourth-order valence-electron chi connectivity index (χ4n) is 2.07. The van der Waals surface area contributed by atoms with Gasteiger partial charge in [0.2, 0.25) is 0 Å². The summed E-state index contributed by atoms with van der Waals surface area (Å²) in [6.45, 7) is 3.48. The van der Waals surface area contributed by atoms with Crippen molar-refractivity contribution in [2.45, 2.75) is 19.4 Å². The predicted molar refractivity (Wildman–Crippen MR) is 66.7 cm³/mol. The van der Waals surface area contributed by atoms with Gasteiger partial charge >= 0.3 is 0 Å². The average Bonchev–Trinajstić information content (AvgIpc) is 2.72. The highest BCUT2D eigenvalue weighted by atomic mass is 16.5. The van der Waals surface area contributed by atoms with Gasteiger partial charge in [-0.3, -0.25) is 4.79 Å². The number of benzene rings is 1. The molecule has 2 unspecified atom stereocenters. The van der Waals surface area contributed by atoms with E-state index in [-0.39, 0.29) is 12.0 Å². The lowest BCUT2D eigenvalue weighted by Crippen LogP contribution is -2.32. The smallest absolute Gasteiger partial charge is 0.253 e. The minimum absolute atomic E-state index is 0.109. The molecule has 1 fully saturated rings. The Balaban J connectivity index is 1.91. The van der Waals surface area contributed by atoms with E-state index in [1.165, 1.54) is 0 Å². The van der Waals surface area contributed by atoms with Gasteiger partial charge in [-0.05, 0) is 25.5 Å². The summed E-state index contributed by atoms with van der Waals surface area (Å²) in [5.74, 6) is 0.297. The normalized spacial score (nSPS) is 23.6. The number of hydrogen-bond acceptors (Lipinski definition) is 3. The van der Waals surface area contributed by atoms with Crippen molar-refractivity contribution in [1.29, 1.82) is 0 Å². The lowest BCUT2D eigenvalue weighted by Gasteiger charge is -2.15. The van der Waals surface area contributed by atoms with Gasteiger partial charge in [-0.25, -0.2) is 0 Å². The quantitative estimate of drug-likeness (QED) is 0.777. The van der Waals surface area contributed by atoms with Crippen LogP contribution in [0.4, 0.5) is 5.69 Å². The van der Waals surface area contributed by atoms with E-state index in [0.29, 0.717) is 23.7 Å². The van der Waals surface area contributed by atoms with Crippen molar-refractivity contribution in [3.63, 3.8) is 0 Å². The monoisotopic (exact) mass is 234 g/mol. The molecule has 0 saturated carbocycles. The minimum atomic E-state index is -0.109. The Morgan fingerprint density at radius 3 is 2.94 bits per heavy atom. The van der Waals surface area contributed by atoms with Gasteiger partial charge in [0, 0.05) is 24.8 Å². The maximum Gasteiger partial charge on any atom is 0.253 e. The summed E-state index contributed by atoms with van der Waals surface area (Å²) in [5, 5.41) is 2.91. The highest BCUT2D eigenvalue weighted by molar-refractivity contribution is 5.99. The molecule has 2 rings (SSSR count). The molecule has 0 spiro atoms. The van der Waals surface area contributed by atoms with Gasteiger partial charge in [0.15, 0.2) is 0 Å². The van der Waals surface area contributed by atoms with E-state index in [1.54, 1.807) is 12.1 Å². The zero-order chi connectivity index (χ0) is 12.3. The van der Waals surface area contributed by atoms with E-state index in [4.69, 9.17) is 10.5 Å². The molecule has 3 N–H and O–H groups in total. The molecule has 0 aliphatic carbocycles. The third-order valence-corrected chi connectivity index (χ3v) is 3.26. The second-order valence-corrected chi connectivity index (χ2v) is 4.42. The number of anilines is 1. The topological polar surface area (TPSA) is 64.3 Å². The van der Waals surface area contributed by atoms with E-state index < -0.39 is 0 Å². The average molecular weight is 234 g/mol.